The number of hydrogen-bond donors (Lipinski definition) is 0. The molecule has 0 saturated carbocycles. The van der Waals surface area contributed by atoms with Crippen LogP contribution >= 0.6 is 0 Å². The Bertz CT molecular complexity index is 423. The molecule has 1 rings (SSSR count). The Hall–Kier alpha value is -2.10. The molecule has 0 fully saturated rings. The van der Waals surface area contributed by atoms with Crippen molar-refractivity contribution in [2.75, 3.05) is 0 Å². The van der Waals surface area contributed by atoms with Crippen molar-refractivity contribution in [2.45, 2.75) is 6.36 Å². The highest BCUT2D eigenvalue weighted by Crippen LogP contribution is 2.21. The van der Waals surface area contributed by atoms with Gasteiger partial charge in [0.1, 0.15) is 6.07 Å². The molecular formula is C8H3F3N2O2. The quantitative estimate of drug-likeness (QED) is 0.705. The fraction of sp³-hybridized carbons (Fsp3) is 0.125. The second-order valence-electron chi connectivity index (χ2n) is 2.39. The van der Waals surface area contributed by atoms with Crippen molar-refractivity contribution >= 4 is 6.29 Å². The summed E-state index contributed by atoms with van der Waals surface area (Å²) in [4.78, 5) is 13.5. The van der Waals surface area contributed by atoms with Crippen LogP contribution in [0.1, 0.15) is 15.9 Å². The van der Waals surface area contributed by atoms with Crippen LogP contribution in [0.2, 0.25) is 0 Å². The highest BCUT2D eigenvalue weighted by Gasteiger charge is 2.32. The molecular weight excluding hydrogens is 213 g/mol. The fourth-order valence-corrected chi connectivity index (χ4v) is 0.812. The second-order valence-corrected chi connectivity index (χ2v) is 2.39. The van der Waals surface area contributed by atoms with Gasteiger partial charge in [-0.1, -0.05) is 0 Å². The van der Waals surface area contributed by atoms with Crippen LogP contribution in [0.5, 0.6) is 5.88 Å². The number of aldehydes is 1. The Morgan fingerprint density at radius 2 is 2.20 bits per heavy atom. The normalized spacial score (nSPS) is 10.5. The van der Waals surface area contributed by atoms with Gasteiger partial charge in [0.25, 0.3) is 0 Å². The molecule has 0 aromatic carbocycles. The number of carbonyl (C=O) groups is 1. The van der Waals surface area contributed by atoms with Gasteiger partial charge in [-0.25, -0.2) is 4.98 Å². The predicted molar refractivity (Wildman–Crippen MR) is 41.0 cm³/mol. The number of nitrogens with zero attached hydrogens (tertiary/aromatic N) is 2. The Balaban J connectivity index is 3.05. The van der Waals surface area contributed by atoms with Crippen LogP contribution in [0.3, 0.4) is 0 Å². The molecule has 0 bridgehead atoms. The Morgan fingerprint density at radius 3 is 2.67 bits per heavy atom. The molecule has 0 amide bonds. The lowest BCUT2D eigenvalue weighted by molar-refractivity contribution is -0.276. The van der Waals surface area contributed by atoms with E-state index in [1.165, 1.54) is 0 Å². The lowest BCUT2D eigenvalue weighted by atomic mass is 10.2. The lowest BCUT2D eigenvalue weighted by Crippen LogP contribution is -2.18. The van der Waals surface area contributed by atoms with Crippen molar-refractivity contribution in [3.05, 3.63) is 23.4 Å². The molecule has 1 heterocycles. The Kier molecular flexibility index (Phi) is 2.90. The minimum absolute atomic E-state index is 0.0907. The summed E-state index contributed by atoms with van der Waals surface area (Å²) in [7, 11) is 0. The third-order valence-electron chi connectivity index (χ3n) is 1.38. The molecule has 0 aliphatic heterocycles. The van der Waals surface area contributed by atoms with E-state index >= 15 is 0 Å². The van der Waals surface area contributed by atoms with Crippen molar-refractivity contribution in [1.82, 2.24) is 4.98 Å². The molecule has 1 aromatic heterocycles. The van der Waals surface area contributed by atoms with Gasteiger partial charge < -0.3 is 4.74 Å². The van der Waals surface area contributed by atoms with E-state index in [0.717, 1.165) is 12.3 Å². The maximum Gasteiger partial charge on any atom is 0.574 e. The van der Waals surface area contributed by atoms with Crippen LogP contribution in [-0.4, -0.2) is 17.6 Å². The third kappa shape index (κ3) is 2.95. The average Bonchev–Trinajstić information content (AvgIpc) is 2.15. The number of carbonyl (C=O) groups excluding carboxylic acids is 1. The average molecular weight is 216 g/mol. The van der Waals surface area contributed by atoms with Crippen LogP contribution in [0.15, 0.2) is 12.3 Å². The van der Waals surface area contributed by atoms with Gasteiger partial charge in [0.2, 0.25) is 5.88 Å². The molecule has 7 heteroatoms. The Morgan fingerprint density at radius 1 is 1.53 bits per heavy atom. The van der Waals surface area contributed by atoms with E-state index in [4.69, 9.17) is 5.26 Å². The molecule has 0 atom stereocenters. The van der Waals surface area contributed by atoms with Gasteiger partial charge in [-0.15, -0.1) is 13.2 Å². The molecule has 0 aliphatic rings. The number of aromatic nitrogens is 1. The molecule has 0 aliphatic carbocycles. The zero-order valence-corrected chi connectivity index (χ0v) is 7.08. The number of pyridine rings is 1. The maximum atomic E-state index is 11.7. The minimum atomic E-state index is -4.87. The minimum Gasteiger partial charge on any atom is -0.388 e. The molecule has 15 heavy (non-hydrogen) atoms. The summed E-state index contributed by atoms with van der Waals surface area (Å²) < 4.78 is 38.7. The van der Waals surface area contributed by atoms with E-state index < -0.39 is 12.2 Å². The molecule has 0 N–H and O–H groups in total. The van der Waals surface area contributed by atoms with E-state index in [-0.39, 0.29) is 11.1 Å². The number of nitriles is 1. The first-order valence-electron chi connectivity index (χ1n) is 3.57. The number of rotatable bonds is 2. The van der Waals surface area contributed by atoms with Gasteiger partial charge in [0, 0.05) is 12.3 Å². The number of ether oxygens (including phenoxy) is 1. The summed E-state index contributed by atoms with van der Waals surface area (Å²) in [6.45, 7) is 0. The second kappa shape index (κ2) is 3.96. The third-order valence-corrected chi connectivity index (χ3v) is 1.38. The summed E-state index contributed by atoms with van der Waals surface area (Å²) in [5.74, 6) is -0.773. The van der Waals surface area contributed by atoms with E-state index in [1.807, 2.05) is 0 Å². The highest BCUT2D eigenvalue weighted by atomic mass is 19.4. The van der Waals surface area contributed by atoms with Gasteiger partial charge >= 0.3 is 6.36 Å². The highest BCUT2D eigenvalue weighted by molar-refractivity contribution is 5.78. The first-order chi connectivity index (χ1) is 6.96. The van der Waals surface area contributed by atoms with Gasteiger partial charge in [0.15, 0.2) is 6.29 Å². The van der Waals surface area contributed by atoms with Gasteiger partial charge in [-0.3, -0.25) is 4.79 Å². The van der Waals surface area contributed by atoms with Crippen molar-refractivity contribution in [2.24, 2.45) is 0 Å². The molecule has 1 aromatic rings. The van der Waals surface area contributed by atoms with E-state index in [9.17, 15) is 18.0 Å². The lowest BCUT2D eigenvalue weighted by Gasteiger charge is -2.07. The predicted octanol–water partition coefficient (Wildman–Crippen LogP) is 1.66. The number of hydrogen-bond acceptors (Lipinski definition) is 4. The summed E-state index contributed by atoms with van der Waals surface area (Å²) in [5.41, 5.74) is -0.314. The fourth-order valence-electron chi connectivity index (χ4n) is 0.812. The van der Waals surface area contributed by atoms with E-state index in [0.29, 0.717) is 6.29 Å². The summed E-state index contributed by atoms with van der Waals surface area (Å²) in [6.07, 6.45) is -3.71. The Labute approximate surface area is 81.9 Å². The van der Waals surface area contributed by atoms with Crippen LogP contribution in [0, 0.1) is 11.3 Å². The first-order valence-corrected chi connectivity index (χ1v) is 3.57. The van der Waals surface area contributed by atoms with Crippen molar-refractivity contribution in [1.29, 1.82) is 5.26 Å². The molecule has 4 nitrogen and oxygen atoms in total. The van der Waals surface area contributed by atoms with Crippen molar-refractivity contribution < 1.29 is 22.7 Å². The van der Waals surface area contributed by atoms with Crippen LogP contribution in [-0.2, 0) is 0 Å². The molecule has 78 valence electrons. The standard InChI is InChI=1S/C8H3F3N2O2/c9-8(10,11)15-7-1-5(2-12)6(4-14)3-13-7/h1,3-4H. The van der Waals surface area contributed by atoms with Crippen LogP contribution in [0.25, 0.3) is 0 Å². The number of halogens is 3. The maximum absolute atomic E-state index is 11.7. The molecule has 0 radical (unpaired) electrons. The van der Waals surface area contributed by atoms with Crippen molar-refractivity contribution in [3.63, 3.8) is 0 Å². The van der Waals surface area contributed by atoms with Crippen LogP contribution < -0.4 is 4.74 Å². The molecule has 0 saturated heterocycles. The van der Waals surface area contributed by atoms with Gasteiger partial charge in [-0.05, 0) is 0 Å². The first kappa shape index (κ1) is 11.0. The molecule has 0 unspecified atom stereocenters. The smallest absolute Gasteiger partial charge is 0.388 e. The molecule has 0 spiro atoms. The van der Waals surface area contributed by atoms with Crippen LogP contribution in [0.4, 0.5) is 13.2 Å². The topological polar surface area (TPSA) is 63.0 Å². The van der Waals surface area contributed by atoms with Gasteiger partial charge in [-0.2, -0.15) is 5.26 Å². The summed E-state index contributed by atoms with van der Waals surface area (Å²) in [5, 5.41) is 8.50. The zero-order valence-electron chi connectivity index (χ0n) is 7.08. The monoisotopic (exact) mass is 216 g/mol. The van der Waals surface area contributed by atoms with E-state index in [1.54, 1.807) is 6.07 Å². The van der Waals surface area contributed by atoms with Gasteiger partial charge in [0.05, 0.1) is 11.1 Å². The number of alkyl halides is 3. The largest absolute Gasteiger partial charge is 0.574 e. The van der Waals surface area contributed by atoms with E-state index in [2.05, 4.69) is 9.72 Å². The van der Waals surface area contributed by atoms with Crippen molar-refractivity contribution in [3.8, 4) is 11.9 Å². The summed E-state index contributed by atoms with van der Waals surface area (Å²) in [6, 6.07) is 2.30. The zero-order chi connectivity index (χ0) is 11.5. The summed E-state index contributed by atoms with van der Waals surface area (Å²) >= 11 is 0. The SMILES string of the molecule is N#Cc1cc(OC(F)(F)F)ncc1C=O.